The number of aryl methyl sites for hydroxylation is 1. The topological polar surface area (TPSA) is 54.5 Å². The Kier molecular flexibility index (Phi) is 3.25. The molecule has 0 saturated carbocycles. The molecule has 0 fully saturated rings. The second kappa shape index (κ2) is 4.72. The smallest absolute Gasteiger partial charge is 0.333 e. The number of hydrogen-bond donors (Lipinski definition) is 0. The first-order valence-electron chi connectivity index (χ1n) is 5.34. The van der Waals surface area contributed by atoms with Gasteiger partial charge in [-0.05, 0) is 12.1 Å². The molecule has 0 radical (unpaired) electrons. The van der Waals surface area contributed by atoms with Gasteiger partial charge >= 0.3 is 6.18 Å². The van der Waals surface area contributed by atoms with Gasteiger partial charge in [0.1, 0.15) is 5.82 Å². The van der Waals surface area contributed by atoms with E-state index in [1.54, 1.807) is 12.1 Å². The molecule has 98 valence electrons. The first-order valence-corrected chi connectivity index (χ1v) is 5.34. The van der Waals surface area contributed by atoms with Gasteiger partial charge < -0.3 is 4.57 Å². The SMILES string of the molecule is Cn1cc(C(F)(F)F)nc1-c1ccc(CC#N)nc1. The molecule has 0 aromatic carbocycles. The van der Waals surface area contributed by atoms with E-state index in [4.69, 9.17) is 5.26 Å². The van der Waals surface area contributed by atoms with Gasteiger partial charge in [-0.2, -0.15) is 18.4 Å². The third-order valence-electron chi connectivity index (χ3n) is 2.51. The normalized spacial score (nSPS) is 11.3. The fourth-order valence-electron chi connectivity index (χ4n) is 1.61. The summed E-state index contributed by atoms with van der Waals surface area (Å²) in [4.78, 5) is 7.56. The zero-order valence-corrected chi connectivity index (χ0v) is 9.94. The van der Waals surface area contributed by atoms with Crippen molar-refractivity contribution in [2.45, 2.75) is 12.6 Å². The molecule has 0 saturated heterocycles. The van der Waals surface area contributed by atoms with E-state index in [2.05, 4.69) is 9.97 Å². The summed E-state index contributed by atoms with van der Waals surface area (Å²) in [6.45, 7) is 0. The van der Waals surface area contributed by atoms with Crippen LogP contribution in [0.25, 0.3) is 11.4 Å². The van der Waals surface area contributed by atoms with E-state index in [-0.39, 0.29) is 12.2 Å². The number of alkyl halides is 3. The van der Waals surface area contributed by atoms with Crippen molar-refractivity contribution in [1.29, 1.82) is 5.26 Å². The molecule has 7 heteroatoms. The maximum Gasteiger partial charge on any atom is 0.434 e. The Morgan fingerprint density at radius 1 is 1.37 bits per heavy atom. The van der Waals surface area contributed by atoms with E-state index in [0.29, 0.717) is 11.3 Å². The highest BCUT2D eigenvalue weighted by molar-refractivity contribution is 5.54. The standard InChI is InChI=1S/C12H9F3N4/c1-19-7-10(12(13,14)15)18-11(19)8-2-3-9(4-5-16)17-6-8/h2-3,6-7H,4H2,1H3. The van der Waals surface area contributed by atoms with Crippen molar-refractivity contribution in [2.75, 3.05) is 0 Å². The number of halogens is 3. The van der Waals surface area contributed by atoms with Crippen LogP contribution in [0.2, 0.25) is 0 Å². The highest BCUT2D eigenvalue weighted by atomic mass is 19.4. The van der Waals surface area contributed by atoms with Crippen molar-refractivity contribution in [1.82, 2.24) is 14.5 Å². The Hall–Kier alpha value is -2.36. The van der Waals surface area contributed by atoms with E-state index >= 15 is 0 Å². The Balaban J connectivity index is 2.37. The van der Waals surface area contributed by atoms with Crippen LogP contribution in [0.15, 0.2) is 24.5 Å². The maximum absolute atomic E-state index is 12.5. The average Bonchev–Trinajstić information content (AvgIpc) is 2.73. The molecule has 4 nitrogen and oxygen atoms in total. The molecule has 0 aliphatic heterocycles. The lowest BCUT2D eigenvalue weighted by Gasteiger charge is -2.01. The fourth-order valence-corrected chi connectivity index (χ4v) is 1.61. The quantitative estimate of drug-likeness (QED) is 0.839. The van der Waals surface area contributed by atoms with Crippen LogP contribution in [0, 0.1) is 11.3 Å². The van der Waals surface area contributed by atoms with Gasteiger partial charge in [-0.15, -0.1) is 0 Å². The third-order valence-corrected chi connectivity index (χ3v) is 2.51. The molecule has 0 aliphatic carbocycles. The molecule has 0 amide bonds. The Morgan fingerprint density at radius 3 is 2.58 bits per heavy atom. The van der Waals surface area contributed by atoms with Crippen LogP contribution in [0.5, 0.6) is 0 Å². The fraction of sp³-hybridized carbons (Fsp3) is 0.250. The van der Waals surface area contributed by atoms with Gasteiger partial charge in [-0.25, -0.2) is 4.98 Å². The van der Waals surface area contributed by atoms with Crippen molar-refractivity contribution in [3.05, 3.63) is 35.9 Å². The summed E-state index contributed by atoms with van der Waals surface area (Å²) in [5.41, 5.74) is 0.0993. The van der Waals surface area contributed by atoms with Crippen LogP contribution in [-0.2, 0) is 19.6 Å². The van der Waals surface area contributed by atoms with E-state index in [1.165, 1.54) is 17.8 Å². The molecule has 0 spiro atoms. The van der Waals surface area contributed by atoms with Crippen molar-refractivity contribution in [2.24, 2.45) is 7.05 Å². The summed E-state index contributed by atoms with van der Waals surface area (Å²) in [5, 5.41) is 8.51. The molecule has 0 N–H and O–H groups in total. The summed E-state index contributed by atoms with van der Waals surface area (Å²) in [5.74, 6) is 0.184. The molecule has 0 atom stereocenters. The predicted octanol–water partition coefficient (Wildman–Crippen LogP) is 2.57. The van der Waals surface area contributed by atoms with E-state index in [9.17, 15) is 13.2 Å². The number of rotatable bonds is 2. The second-order valence-electron chi connectivity index (χ2n) is 3.93. The van der Waals surface area contributed by atoms with Gasteiger partial charge in [0.25, 0.3) is 0 Å². The van der Waals surface area contributed by atoms with Gasteiger partial charge in [0.2, 0.25) is 0 Å². The Morgan fingerprint density at radius 2 is 2.11 bits per heavy atom. The highest BCUT2D eigenvalue weighted by Crippen LogP contribution is 2.30. The number of hydrogen-bond acceptors (Lipinski definition) is 3. The molecule has 19 heavy (non-hydrogen) atoms. The molecule has 2 rings (SSSR count). The van der Waals surface area contributed by atoms with Gasteiger partial charge in [0.05, 0.1) is 18.2 Å². The minimum atomic E-state index is -4.47. The minimum Gasteiger partial charge on any atom is -0.333 e. The molecule has 0 unspecified atom stereocenters. The van der Waals surface area contributed by atoms with E-state index < -0.39 is 11.9 Å². The molecular weight excluding hydrogens is 257 g/mol. The lowest BCUT2D eigenvalue weighted by molar-refractivity contribution is -0.140. The number of imidazole rings is 1. The Bertz CT molecular complexity index is 620. The van der Waals surface area contributed by atoms with Crippen LogP contribution in [0.4, 0.5) is 13.2 Å². The zero-order valence-electron chi connectivity index (χ0n) is 9.94. The third kappa shape index (κ3) is 2.73. The van der Waals surface area contributed by atoms with Gasteiger partial charge in [-0.3, -0.25) is 4.98 Å². The average molecular weight is 266 g/mol. The zero-order chi connectivity index (χ0) is 14.0. The van der Waals surface area contributed by atoms with Crippen LogP contribution in [0.1, 0.15) is 11.4 Å². The molecule has 0 aliphatic rings. The van der Waals surface area contributed by atoms with Gasteiger partial charge in [0.15, 0.2) is 5.69 Å². The van der Waals surface area contributed by atoms with Crippen LogP contribution in [0.3, 0.4) is 0 Å². The lowest BCUT2D eigenvalue weighted by Crippen LogP contribution is -2.04. The first-order chi connectivity index (χ1) is 8.91. The number of nitrogens with zero attached hydrogens (tertiary/aromatic N) is 4. The van der Waals surface area contributed by atoms with E-state index in [0.717, 1.165) is 6.20 Å². The molecule has 2 aromatic rings. The minimum absolute atomic E-state index is 0.161. The highest BCUT2D eigenvalue weighted by Gasteiger charge is 2.34. The molecule has 0 bridgehead atoms. The van der Waals surface area contributed by atoms with Crippen LogP contribution in [-0.4, -0.2) is 14.5 Å². The summed E-state index contributed by atoms with van der Waals surface area (Å²) in [6, 6.07) is 5.14. The Labute approximate surface area is 107 Å². The monoisotopic (exact) mass is 266 g/mol. The van der Waals surface area contributed by atoms with Crippen LogP contribution < -0.4 is 0 Å². The van der Waals surface area contributed by atoms with Crippen molar-refractivity contribution >= 4 is 0 Å². The lowest BCUT2D eigenvalue weighted by atomic mass is 10.2. The first kappa shape index (κ1) is 13.1. The number of nitriles is 1. The second-order valence-corrected chi connectivity index (χ2v) is 3.93. The maximum atomic E-state index is 12.5. The number of aromatic nitrogens is 3. The number of pyridine rings is 1. The van der Waals surface area contributed by atoms with E-state index in [1.807, 2.05) is 6.07 Å². The van der Waals surface area contributed by atoms with Gasteiger partial charge in [-0.1, -0.05) is 0 Å². The van der Waals surface area contributed by atoms with Gasteiger partial charge in [0, 0.05) is 25.0 Å². The molecule has 2 aromatic heterocycles. The summed E-state index contributed by atoms with van der Waals surface area (Å²) >= 11 is 0. The van der Waals surface area contributed by atoms with Crippen LogP contribution >= 0.6 is 0 Å². The van der Waals surface area contributed by atoms with Crippen molar-refractivity contribution < 1.29 is 13.2 Å². The van der Waals surface area contributed by atoms with Crippen molar-refractivity contribution in [3.8, 4) is 17.5 Å². The van der Waals surface area contributed by atoms with Crippen molar-refractivity contribution in [3.63, 3.8) is 0 Å². The molecule has 2 heterocycles. The largest absolute Gasteiger partial charge is 0.434 e. The summed E-state index contributed by atoms with van der Waals surface area (Å²) in [6.07, 6.45) is -1.97. The summed E-state index contributed by atoms with van der Waals surface area (Å²) < 4.78 is 38.9. The molecular formula is C12H9F3N4. The summed E-state index contributed by atoms with van der Waals surface area (Å²) in [7, 11) is 1.49. The predicted molar refractivity (Wildman–Crippen MR) is 60.8 cm³/mol.